The molecule has 0 radical (unpaired) electrons. The molecule has 1 heterocycles. The highest BCUT2D eigenvalue weighted by Gasteiger charge is 2.32. The van der Waals surface area contributed by atoms with Crippen molar-refractivity contribution in [1.29, 1.82) is 0 Å². The molecule has 1 fully saturated rings. The van der Waals surface area contributed by atoms with Gasteiger partial charge in [0.1, 0.15) is 12.1 Å². The van der Waals surface area contributed by atoms with Crippen LogP contribution < -0.4 is 5.73 Å². The number of benzene rings is 1. The molecule has 1 aliphatic heterocycles. The SMILES string of the molecule is CC(C)CO[C@@H]1[C@@H](Cc2ccccc2)CCCC[C@H](N)C(=O)O[C@H]1C. The minimum Gasteiger partial charge on any atom is -0.459 e. The molecule has 0 saturated carbocycles. The van der Waals surface area contributed by atoms with Crippen LogP contribution in [0.3, 0.4) is 0 Å². The van der Waals surface area contributed by atoms with E-state index < -0.39 is 6.04 Å². The third kappa shape index (κ3) is 6.44. The molecule has 140 valence electrons. The maximum Gasteiger partial charge on any atom is 0.323 e. The summed E-state index contributed by atoms with van der Waals surface area (Å²) in [7, 11) is 0. The monoisotopic (exact) mass is 347 g/mol. The van der Waals surface area contributed by atoms with Crippen LogP contribution >= 0.6 is 0 Å². The lowest BCUT2D eigenvalue weighted by atomic mass is 9.86. The van der Waals surface area contributed by atoms with Crippen LogP contribution in [0.2, 0.25) is 0 Å². The predicted octanol–water partition coefficient (Wildman–Crippen LogP) is 3.72. The van der Waals surface area contributed by atoms with Crippen molar-refractivity contribution in [3.63, 3.8) is 0 Å². The van der Waals surface area contributed by atoms with E-state index in [0.29, 0.717) is 24.9 Å². The summed E-state index contributed by atoms with van der Waals surface area (Å²) in [6.45, 7) is 6.89. The molecule has 0 amide bonds. The molecule has 1 aliphatic rings. The fraction of sp³-hybridized carbons (Fsp3) is 0.667. The van der Waals surface area contributed by atoms with Crippen molar-refractivity contribution in [2.75, 3.05) is 6.61 Å². The van der Waals surface area contributed by atoms with E-state index >= 15 is 0 Å². The molecule has 25 heavy (non-hydrogen) atoms. The summed E-state index contributed by atoms with van der Waals surface area (Å²) in [6.07, 6.45) is 4.32. The zero-order valence-electron chi connectivity index (χ0n) is 15.8. The molecule has 4 nitrogen and oxygen atoms in total. The van der Waals surface area contributed by atoms with Crippen molar-refractivity contribution in [3.05, 3.63) is 35.9 Å². The standard InChI is InChI=1S/C21H33NO3/c1-15(2)14-24-20-16(3)25-21(23)19(22)12-8-7-11-18(20)13-17-9-5-4-6-10-17/h4-6,9-10,15-16,18-20H,7-8,11-14,22H2,1-3H3/t16-,18+,19-,20-/m0/s1. The Labute approximate surface area is 152 Å². The van der Waals surface area contributed by atoms with Crippen LogP contribution in [0.15, 0.2) is 30.3 Å². The van der Waals surface area contributed by atoms with Crippen LogP contribution in [0, 0.1) is 11.8 Å². The predicted molar refractivity (Wildman–Crippen MR) is 100 cm³/mol. The lowest BCUT2D eigenvalue weighted by molar-refractivity contribution is -0.162. The second-order valence-electron chi connectivity index (χ2n) is 7.67. The van der Waals surface area contributed by atoms with Crippen LogP contribution in [0.5, 0.6) is 0 Å². The summed E-state index contributed by atoms with van der Waals surface area (Å²) in [4.78, 5) is 12.2. The topological polar surface area (TPSA) is 61.5 Å². The van der Waals surface area contributed by atoms with Gasteiger partial charge in [0, 0.05) is 6.61 Å². The van der Waals surface area contributed by atoms with Gasteiger partial charge in [-0.25, -0.2) is 0 Å². The fourth-order valence-electron chi connectivity index (χ4n) is 3.48. The summed E-state index contributed by atoms with van der Waals surface area (Å²) in [6, 6.07) is 9.98. The zero-order valence-corrected chi connectivity index (χ0v) is 15.8. The molecule has 0 bridgehead atoms. The number of carbonyl (C=O) groups excluding carboxylic acids is 1. The van der Waals surface area contributed by atoms with Gasteiger partial charge >= 0.3 is 5.97 Å². The number of ether oxygens (including phenoxy) is 2. The van der Waals surface area contributed by atoms with Gasteiger partial charge in [0.2, 0.25) is 0 Å². The Bertz CT molecular complexity index is 517. The summed E-state index contributed by atoms with van der Waals surface area (Å²) < 4.78 is 11.9. The third-order valence-electron chi connectivity index (χ3n) is 4.83. The Morgan fingerprint density at radius 2 is 1.88 bits per heavy atom. The van der Waals surface area contributed by atoms with Crippen molar-refractivity contribution in [2.45, 2.75) is 71.1 Å². The van der Waals surface area contributed by atoms with Gasteiger partial charge in [0.15, 0.2) is 0 Å². The summed E-state index contributed by atoms with van der Waals surface area (Å²) >= 11 is 0. The van der Waals surface area contributed by atoms with E-state index in [0.717, 1.165) is 25.7 Å². The average Bonchev–Trinajstić information content (AvgIpc) is 2.58. The van der Waals surface area contributed by atoms with Gasteiger partial charge in [-0.3, -0.25) is 4.79 Å². The molecule has 0 aliphatic carbocycles. The first-order valence-corrected chi connectivity index (χ1v) is 9.59. The van der Waals surface area contributed by atoms with Gasteiger partial charge in [-0.2, -0.15) is 0 Å². The Morgan fingerprint density at radius 3 is 2.56 bits per heavy atom. The van der Waals surface area contributed by atoms with Crippen LogP contribution in [0.4, 0.5) is 0 Å². The number of hydrogen-bond donors (Lipinski definition) is 1. The highest BCUT2D eigenvalue weighted by Crippen LogP contribution is 2.27. The largest absolute Gasteiger partial charge is 0.459 e. The van der Waals surface area contributed by atoms with E-state index in [4.69, 9.17) is 15.2 Å². The van der Waals surface area contributed by atoms with E-state index in [1.165, 1.54) is 5.56 Å². The molecule has 1 aromatic carbocycles. The number of cyclic esters (lactones) is 1. The fourth-order valence-corrected chi connectivity index (χ4v) is 3.48. The molecule has 0 unspecified atom stereocenters. The average molecular weight is 347 g/mol. The van der Waals surface area contributed by atoms with Crippen LogP contribution in [-0.2, 0) is 20.7 Å². The van der Waals surface area contributed by atoms with Crippen LogP contribution in [0.25, 0.3) is 0 Å². The molecular weight excluding hydrogens is 314 g/mol. The molecule has 1 saturated heterocycles. The van der Waals surface area contributed by atoms with Crippen LogP contribution in [0.1, 0.15) is 52.0 Å². The Morgan fingerprint density at radius 1 is 1.20 bits per heavy atom. The van der Waals surface area contributed by atoms with E-state index in [9.17, 15) is 4.79 Å². The minimum atomic E-state index is -0.515. The van der Waals surface area contributed by atoms with Gasteiger partial charge in [-0.15, -0.1) is 0 Å². The zero-order chi connectivity index (χ0) is 18.2. The highest BCUT2D eigenvalue weighted by atomic mass is 16.6. The van der Waals surface area contributed by atoms with Crippen molar-refractivity contribution in [1.82, 2.24) is 0 Å². The number of nitrogens with two attached hydrogens (primary N) is 1. The Hall–Kier alpha value is -1.39. The second-order valence-corrected chi connectivity index (χ2v) is 7.67. The number of carbonyl (C=O) groups is 1. The minimum absolute atomic E-state index is 0.100. The van der Waals surface area contributed by atoms with Crippen LogP contribution in [-0.4, -0.2) is 30.8 Å². The van der Waals surface area contributed by atoms with Gasteiger partial charge in [-0.05, 0) is 43.6 Å². The molecule has 4 atom stereocenters. The van der Waals surface area contributed by atoms with E-state index in [1.54, 1.807) is 0 Å². The van der Waals surface area contributed by atoms with Gasteiger partial charge < -0.3 is 15.2 Å². The number of hydrogen-bond acceptors (Lipinski definition) is 4. The van der Waals surface area contributed by atoms with Crippen molar-refractivity contribution >= 4 is 5.97 Å². The third-order valence-corrected chi connectivity index (χ3v) is 4.83. The normalized spacial score (nSPS) is 28.6. The first kappa shape index (κ1) is 19.9. The molecule has 2 rings (SSSR count). The van der Waals surface area contributed by atoms with E-state index in [-0.39, 0.29) is 18.2 Å². The molecule has 0 aromatic heterocycles. The van der Waals surface area contributed by atoms with Crippen molar-refractivity contribution < 1.29 is 14.3 Å². The lowest BCUT2D eigenvalue weighted by Gasteiger charge is -2.34. The van der Waals surface area contributed by atoms with Crippen molar-refractivity contribution in [3.8, 4) is 0 Å². The lowest BCUT2D eigenvalue weighted by Crippen LogP contribution is -2.43. The first-order chi connectivity index (χ1) is 12.0. The summed E-state index contributed by atoms with van der Waals surface area (Å²) in [5, 5.41) is 0. The molecule has 4 heteroatoms. The van der Waals surface area contributed by atoms with E-state index in [1.807, 2.05) is 13.0 Å². The van der Waals surface area contributed by atoms with Gasteiger partial charge in [-0.1, -0.05) is 57.0 Å². The summed E-state index contributed by atoms with van der Waals surface area (Å²) in [5.74, 6) is 0.474. The van der Waals surface area contributed by atoms with Gasteiger partial charge in [0.25, 0.3) is 0 Å². The molecule has 2 N–H and O–H groups in total. The highest BCUT2D eigenvalue weighted by molar-refractivity contribution is 5.75. The molecule has 1 aromatic rings. The molecule has 0 spiro atoms. The molecular formula is C21H33NO3. The van der Waals surface area contributed by atoms with Gasteiger partial charge in [0.05, 0.1) is 6.10 Å². The summed E-state index contributed by atoms with van der Waals surface area (Å²) in [5.41, 5.74) is 7.24. The second kappa shape index (κ2) is 9.93. The van der Waals surface area contributed by atoms with E-state index in [2.05, 4.69) is 38.1 Å². The Kier molecular flexibility index (Phi) is 7.91. The van der Waals surface area contributed by atoms with Crippen molar-refractivity contribution in [2.24, 2.45) is 17.6 Å². The maximum atomic E-state index is 12.2. The Balaban J connectivity index is 2.17. The smallest absolute Gasteiger partial charge is 0.323 e. The first-order valence-electron chi connectivity index (χ1n) is 9.59. The number of esters is 1. The number of rotatable bonds is 5. The quantitative estimate of drug-likeness (QED) is 0.825. The maximum absolute atomic E-state index is 12.2.